The van der Waals surface area contributed by atoms with Gasteiger partial charge >= 0.3 is 0 Å². The summed E-state index contributed by atoms with van der Waals surface area (Å²) in [6, 6.07) is 8.97. The van der Waals surface area contributed by atoms with Crippen molar-refractivity contribution >= 4 is 15.9 Å². The fourth-order valence-corrected chi connectivity index (χ4v) is 4.49. The van der Waals surface area contributed by atoms with Crippen molar-refractivity contribution in [2.45, 2.75) is 18.0 Å². The van der Waals surface area contributed by atoms with E-state index in [1.54, 1.807) is 16.5 Å². The lowest BCUT2D eigenvalue weighted by atomic mass is 10.0. The summed E-state index contributed by atoms with van der Waals surface area (Å²) in [4.78, 5) is 17.4. The summed E-state index contributed by atoms with van der Waals surface area (Å²) in [7, 11) is -1.99. The van der Waals surface area contributed by atoms with Crippen LogP contribution < -0.4 is 0 Å². The predicted octanol–water partition coefficient (Wildman–Crippen LogP) is 1.01. The highest BCUT2D eigenvalue weighted by Crippen LogP contribution is 2.30. The Labute approximate surface area is 141 Å². The SMILES string of the molecule is CC(=O)N1CCN(S(=O)(=O)c2cn(C)cn2)[C@H](c2ccccc2)C1. The second-order valence-electron chi connectivity index (χ2n) is 5.88. The number of nitrogens with zero attached hydrogens (tertiary/aromatic N) is 4. The fraction of sp³-hybridized carbons (Fsp3) is 0.375. The summed E-state index contributed by atoms with van der Waals surface area (Å²) >= 11 is 0. The van der Waals surface area contributed by atoms with Crippen LogP contribution in [0.4, 0.5) is 0 Å². The van der Waals surface area contributed by atoms with Gasteiger partial charge in [0.25, 0.3) is 10.0 Å². The number of hydrogen-bond acceptors (Lipinski definition) is 4. The number of carbonyl (C=O) groups excluding carboxylic acids is 1. The van der Waals surface area contributed by atoms with Crippen LogP contribution in [0, 0.1) is 0 Å². The van der Waals surface area contributed by atoms with Crippen LogP contribution >= 0.6 is 0 Å². The van der Waals surface area contributed by atoms with Crippen LogP contribution in [-0.2, 0) is 21.9 Å². The molecule has 1 aliphatic heterocycles. The molecule has 3 rings (SSSR count). The Morgan fingerprint density at radius 3 is 2.50 bits per heavy atom. The highest BCUT2D eigenvalue weighted by molar-refractivity contribution is 7.89. The Morgan fingerprint density at radius 2 is 1.92 bits per heavy atom. The molecule has 1 aromatic heterocycles. The van der Waals surface area contributed by atoms with Crippen LogP contribution in [0.1, 0.15) is 18.5 Å². The maximum absolute atomic E-state index is 13.0. The van der Waals surface area contributed by atoms with Gasteiger partial charge < -0.3 is 9.47 Å². The molecular weight excluding hydrogens is 328 g/mol. The van der Waals surface area contributed by atoms with E-state index in [1.165, 1.54) is 23.8 Å². The average molecular weight is 348 g/mol. The minimum absolute atomic E-state index is 0.0298. The summed E-state index contributed by atoms with van der Waals surface area (Å²) in [5.41, 5.74) is 0.864. The number of sulfonamides is 1. The highest BCUT2D eigenvalue weighted by atomic mass is 32.2. The van der Waals surface area contributed by atoms with Gasteiger partial charge in [0.15, 0.2) is 5.03 Å². The lowest BCUT2D eigenvalue weighted by Crippen LogP contribution is -2.51. The minimum atomic E-state index is -3.72. The van der Waals surface area contributed by atoms with E-state index < -0.39 is 16.1 Å². The molecule has 1 aromatic carbocycles. The molecule has 2 heterocycles. The summed E-state index contributed by atoms with van der Waals surface area (Å²) in [5.74, 6) is -0.0502. The van der Waals surface area contributed by atoms with Crippen molar-refractivity contribution < 1.29 is 13.2 Å². The topological polar surface area (TPSA) is 75.5 Å². The molecule has 24 heavy (non-hydrogen) atoms. The maximum atomic E-state index is 13.0. The van der Waals surface area contributed by atoms with Crippen LogP contribution in [0.15, 0.2) is 47.9 Å². The van der Waals surface area contributed by atoms with E-state index in [0.29, 0.717) is 13.1 Å². The summed E-state index contributed by atoms with van der Waals surface area (Å²) in [5, 5.41) is 0.0298. The third-order valence-electron chi connectivity index (χ3n) is 4.22. The first-order chi connectivity index (χ1) is 11.4. The molecule has 0 radical (unpaired) electrons. The van der Waals surface area contributed by atoms with E-state index in [9.17, 15) is 13.2 Å². The number of imidazole rings is 1. The Kier molecular flexibility index (Phi) is 4.42. The first-order valence-corrected chi connectivity index (χ1v) is 9.14. The second kappa shape index (κ2) is 6.37. The molecule has 1 atom stereocenters. The van der Waals surface area contributed by atoms with Gasteiger partial charge in [0.1, 0.15) is 0 Å². The largest absolute Gasteiger partial charge is 0.340 e. The molecule has 7 nitrogen and oxygen atoms in total. The van der Waals surface area contributed by atoms with E-state index >= 15 is 0 Å². The Hall–Kier alpha value is -2.19. The van der Waals surface area contributed by atoms with Crippen LogP contribution in [0.3, 0.4) is 0 Å². The van der Waals surface area contributed by atoms with Gasteiger partial charge in [0.05, 0.1) is 12.4 Å². The molecule has 8 heteroatoms. The number of carbonyl (C=O) groups is 1. The van der Waals surface area contributed by atoms with Gasteiger partial charge in [-0.15, -0.1) is 0 Å². The van der Waals surface area contributed by atoms with E-state index in [2.05, 4.69) is 4.98 Å². The second-order valence-corrected chi connectivity index (χ2v) is 7.72. The molecule has 1 fully saturated rings. The first kappa shape index (κ1) is 16.7. The monoisotopic (exact) mass is 348 g/mol. The van der Waals surface area contributed by atoms with Crippen molar-refractivity contribution in [3.05, 3.63) is 48.4 Å². The number of aryl methyl sites for hydroxylation is 1. The van der Waals surface area contributed by atoms with Crippen molar-refractivity contribution in [2.75, 3.05) is 19.6 Å². The third kappa shape index (κ3) is 3.07. The number of amides is 1. The molecule has 2 aromatic rings. The molecule has 0 spiro atoms. The van der Waals surface area contributed by atoms with Gasteiger partial charge in [-0.1, -0.05) is 30.3 Å². The maximum Gasteiger partial charge on any atom is 0.262 e. The zero-order valence-electron chi connectivity index (χ0n) is 13.7. The molecule has 1 aliphatic rings. The lowest BCUT2D eigenvalue weighted by molar-refractivity contribution is -0.131. The predicted molar refractivity (Wildman–Crippen MR) is 88.5 cm³/mol. The number of aromatic nitrogens is 2. The number of benzene rings is 1. The highest BCUT2D eigenvalue weighted by Gasteiger charge is 2.38. The Morgan fingerprint density at radius 1 is 1.21 bits per heavy atom. The average Bonchev–Trinajstić information content (AvgIpc) is 3.02. The summed E-state index contributed by atoms with van der Waals surface area (Å²) in [6.45, 7) is 2.47. The number of hydrogen-bond donors (Lipinski definition) is 0. The van der Waals surface area contributed by atoms with Crippen LogP contribution in [0.25, 0.3) is 0 Å². The molecule has 0 bridgehead atoms. The van der Waals surface area contributed by atoms with Gasteiger partial charge in [-0.2, -0.15) is 4.31 Å². The third-order valence-corrected chi connectivity index (χ3v) is 6.01. The molecule has 0 N–H and O–H groups in total. The van der Waals surface area contributed by atoms with Gasteiger partial charge in [-0.3, -0.25) is 4.79 Å². The first-order valence-electron chi connectivity index (χ1n) is 7.70. The number of piperazine rings is 1. The van der Waals surface area contributed by atoms with Crippen molar-refractivity contribution in [1.29, 1.82) is 0 Å². The summed E-state index contributed by atoms with van der Waals surface area (Å²) < 4.78 is 29.1. The zero-order valence-corrected chi connectivity index (χ0v) is 14.5. The quantitative estimate of drug-likeness (QED) is 0.830. The van der Waals surface area contributed by atoms with Crippen molar-refractivity contribution in [3.8, 4) is 0 Å². The zero-order chi connectivity index (χ0) is 17.3. The van der Waals surface area contributed by atoms with Crippen molar-refractivity contribution in [1.82, 2.24) is 18.8 Å². The number of rotatable bonds is 3. The Bertz CT molecular complexity index is 832. The Balaban J connectivity index is 2.00. The standard InChI is InChI=1S/C16H20N4O3S/c1-13(21)19-8-9-20(15(10-19)14-6-4-3-5-7-14)24(22,23)16-11-18(2)12-17-16/h3-7,11-12,15H,8-10H2,1-2H3/t15-/m0/s1. The summed E-state index contributed by atoms with van der Waals surface area (Å²) in [6.07, 6.45) is 2.96. The normalized spacial score (nSPS) is 19.4. The van der Waals surface area contributed by atoms with E-state index in [0.717, 1.165) is 5.56 Å². The van der Waals surface area contributed by atoms with Gasteiger partial charge in [-0.25, -0.2) is 13.4 Å². The van der Waals surface area contributed by atoms with Crippen LogP contribution in [0.2, 0.25) is 0 Å². The van der Waals surface area contributed by atoms with E-state index in [4.69, 9.17) is 0 Å². The van der Waals surface area contributed by atoms with E-state index in [1.807, 2.05) is 30.3 Å². The lowest BCUT2D eigenvalue weighted by Gasteiger charge is -2.40. The molecule has 0 saturated carbocycles. The van der Waals surface area contributed by atoms with Crippen LogP contribution in [-0.4, -0.2) is 52.7 Å². The van der Waals surface area contributed by atoms with Gasteiger partial charge in [0.2, 0.25) is 5.91 Å². The van der Waals surface area contributed by atoms with Gasteiger partial charge in [0, 0.05) is 39.8 Å². The molecule has 0 aliphatic carbocycles. The molecule has 1 amide bonds. The molecular formula is C16H20N4O3S. The van der Waals surface area contributed by atoms with Crippen molar-refractivity contribution in [3.63, 3.8) is 0 Å². The van der Waals surface area contributed by atoms with Crippen LogP contribution in [0.5, 0.6) is 0 Å². The van der Waals surface area contributed by atoms with Gasteiger partial charge in [-0.05, 0) is 5.56 Å². The fourth-order valence-electron chi connectivity index (χ4n) is 2.93. The molecule has 128 valence electrons. The minimum Gasteiger partial charge on any atom is -0.340 e. The smallest absolute Gasteiger partial charge is 0.262 e. The molecule has 1 saturated heterocycles. The van der Waals surface area contributed by atoms with E-state index in [-0.39, 0.29) is 17.5 Å². The van der Waals surface area contributed by atoms with Crippen molar-refractivity contribution in [2.24, 2.45) is 7.05 Å². The molecule has 0 unspecified atom stereocenters.